The number of carbonyl (C=O) groups excluding carboxylic acids is 2. The maximum absolute atomic E-state index is 13.0. The van der Waals surface area contributed by atoms with Crippen molar-refractivity contribution in [3.8, 4) is 5.75 Å². The van der Waals surface area contributed by atoms with E-state index in [-0.39, 0.29) is 17.7 Å². The van der Waals surface area contributed by atoms with E-state index in [1.807, 2.05) is 12.1 Å². The number of esters is 1. The maximum atomic E-state index is 13.0. The van der Waals surface area contributed by atoms with Crippen molar-refractivity contribution in [3.05, 3.63) is 41.5 Å². The molecule has 0 amide bonds. The largest absolute Gasteiger partial charge is 0.427 e. The van der Waals surface area contributed by atoms with Gasteiger partial charge >= 0.3 is 5.97 Å². The second-order valence-corrected chi connectivity index (χ2v) is 8.02. The van der Waals surface area contributed by atoms with Gasteiger partial charge in [0.1, 0.15) is 5.75 Å². The first-order chi connectivity index (χ1) is 11.4. The van der Waals surface area contributed by atoms with Gasteiger partial charge in [0, 0.05) is 12.5 Å². The zero-order valence-corrected chi connectivity index (χ0v) is 14.4. The van der Waals surface area contributed by atoms with Crippen LogP contribution in [-0.2, 0) is 4.79 Å². The van der Waals surface area contributed by atoms with E-state index in [2.05, 4.69) is 13.5 Å². The molecule has 3 unspecified atom stereocenters. The summed E-state index contributed by atoms with van der Waals surface area (Å²) >= 11 is 0. The maximum Gasteiger partial charge on any atom is 0.308 e. The van der Waals surface area contributed by atoms with Crippen molar-refractivity contribution in [1.29, 1.82) is 0 Å². The summed E-state index contributed by atoms with van der Waals surface area (Å²) in [6.07, 6.45) is 6.10. The van der Waals surface area contributed by atoms with Crippen molar-refractivity contribution in [2.45, 2.75) is 51.9 Å². The van der Waals surface area contributed by atoms with Crippen molar-refractivity contribution in [2.24, 2.45) is 17.3 Å². The molecule has 4 atom stereocenters. The summed E-state index contributed by atoms with van der Waals surface area (Å²) in [4.78, 5) is 24.2. The minimum atomic E-state index is -0.366. The smallest absolute Gasteiger partial charge is 0.308 e. The van der Waals surface area contributed by atoms with Gasteiger partial charge in [-0.1, -0.05) is 26.0 Å². The molecule has 0 saturated heterocycles. The number of hydrogen-bond donors (Lipinski definition) is 0. The van der Waals surface area contributed by atoms with Gasteiger partial charge in [0.15, 0.2) is 5.78 Å². The van der Waals surface area contributed by atoms with Crippen molar-refractivity contribution in [2.75, 3.05) is 0 Å². The van der Waals surface area contributed by atoms with Gasteiger partial charge < -0.3 is 4.74 Å². The number of carbonyl (C=O) groups is 2. The molecule has 0 radical (unpaired) electrons. The highest BCUT2D eigenvalue weighted by atomic mass is 16.5. The van der Waals surface area contributed by atoms with Crippen LogP contribution in [0.3, 0.4) is 0 Å². The van der Waals surface area contributed by atoms with Crippen molar-refractivity contribution in [3.63, 3.8) is 0 Å². The number of ketones is 1. The summed E-state index contributed by atoms with van der Waals surface area (Å²) in [5.41, 5.74) is 2.95. The van der Waals surface area contributed by atoms with Crippen molar-refractivity contribution >= 4 is 11.8 Å². The molecule has 1 aromatic rings. The van der Waals surface area contributed by atoms with Gasteiger partial charge in [0.2, 0.25) is 0 Å². The summed E-state index contributed by atoms with van der Waals surface area (Å²) in [5.74, 6) is 1.36. The Morgan fingerprint density at radius 2 is 2.08 bits per heavy atom. The summed E-state index contributed by atoms with van der Waals surface area (Å²) < 4.78 is 5.16. The number of fused-ring (bicyclic) bond motifs is 5. The summed E-state index contributed by atoms with van der Waals surface area (Å²) in [5, 5.41) is 0. The van der Waals surface area contributed by atoms with Crippen LogP contribution in [0.5, 0.6) is 5.75 Å². The van der Waals surface area contributed by atoms with Gasteiger partial charge in [0.05, 0.1) is 0 Å². The molecule has 3 heteroatoms. The van der Waals surface area contributed by atoms with E-state index in [4.69, 9.17) is 4.74 Å². The van der Waals surface area contributed by atoms with E-state index in [0.717, 1.165) is 17.6 Å². The van der Waals surface area contributed by atoms with Crippen LogP contribution in [0.1, 0.15) is 67.8 Å². The number of Topliss-reactive ketones (excluding diaryl/α,β-unsaturated/α-hetero) is 1. The average Bonchev–Trinajstić information content (AvgIpc) is 2.93. The molecule has 3 nitrogen and oxygen atoms in total. The molecule has 2 fully saturated rings. The van der Waals surface area contributed by atoms with Gasteiger partial charge in [-0.25, -0.2) is 0 Å². The second-order valence-electron chi connectivity index (χ2n) is 8.02. The molecule has 2 saturated carbocycles. The van der Waals surface area contributed by atoms with E-state index in [9.17, 15) is 9.59 Å². The molecule has 3 aliphatic rings. The Kier molecular flexibility index (Phi) is 3.45. The normalized spacial score (nSPS) is 34.3. The molecule has 0 bridgehead atoms. The molecule has 0 N–H and O–H groups in total. The van der Waals surface area contributed by atoms with Crippen molar-refractivity contribution in [1.82, 2.24) is 0 Å². The fourth-order valence-corrected chi connectivity index (χ4v) is 5.57. The van der Waals surface area contributed by atoms with Crippen LogP contribution in [0.15, 0.2) is 30.4 Å². The summed E-state index contributed by atoms with van der Waals surface area (Å²) in [6.45, 7) is 7.98. The van der Waals surface area contributed by atoms with Crippen LogP contribution >= 0.6 is 0 Å². The Hall–Kier alpha value is -1.90. The van der Waals surface area contributed by atoms with Gasteiger partial charge in [-0.15, -0.1) is 0 Å². The number of hydrogen-bond acceptors (Lipinski definition) is 3. The Labute approximate surface area is 143 Å². The van der Waals surface area contributed by atoms with Gasteiger partial charge in [-0.05, 0) is 72.1 Å². The van der Waals surface area contributed by atoms with E-state index in [1.54, 1.807) is 6.07 Å². The number of benzene rings is 1. The standard InChI is InChI=1S/C21H24O3/c1-12-19-16(8-10-21(3)9-4-5-18(19)21)15-7-6-14(24-13(2)22)11-17(15)20(12)23/h6-7,11,16,18-19H,1,4-5,8-10H2,2-3H3/t16?,18?,19?,21-/m0/s1. The van der Waals surface area contributed by atoms with Crippen LogP contribution in [0.2, 0.25) is 0 Å². The lowest BCUT2D eigenvalue weighted by molar-refractivity contribution is -0.131. The molecule has 4 rings (SSSR count). The highest BCUT2D eigenvalue weighted by Crippen LogP contribution is 2.61. The Morgan fingerprint density at radius 1 is 1.29 bits per heavy atom. The monoisotopic (exact) mass is 324 g/mol. The zero-order valence-electron chi connectivity index (χ0n) is 14.4. The number of allylic oxidation sites excluding steroid dienone is 1. The van der Waals surface area contributed by atoms with Crippen LogP contribution < -0.4 is 4.74 Å². The molecule has 0 spiro atoms. The molecule has 24 heavy (non-hydrogen) atoms. The predicted octanol–water partition coefficient (Wildman–Crippen LogP) is 4.66. The third-order valence-electron chi connectivity index (χ3n) is 6.68. The molecular weight excluding hydrogens is 300 g/mol. The highest BCUT2D eigenvalue weighted by molar-refractivity contribution is 6.11. The molecule has 0 aliphatic heterocycles. The highest BCUT2D eigenvalue weighted by Gasteiger charge is 2.53. The minimum absolute atomic E-state index is 0.0383. The Balaban J connectivity index is 1.77. The Morgan fingerprint density at radius 3 is 2.83 bits per heavy atom. The van der Waals surface area contributed by atoms with E-state index < -0.39 is 0 Å². The first-order valence-corrected chi connectivity index (χ1v) is 8.96. The first kappa shape index (κ1) is 15.6. The van der Waals surface area contributed by atoms with Gasteiger partial charge in [-0.3, -0.25) is 9.59 Å². The van der Waals surface area contributed by atoms with Gasteiger partial charge in [-0.2, -0.15) is 0 Å². The van der Waals surface area contributed by atoms with Gasteiger partial charge in [0.25, 0.3) is 0 Å². The number of rotatable bonds is 1. The molecule has 3 aliphatic carbocycles. The fourth-order valence-electron chi connectivity index (χ4n) is 5.57. The topological polar surface area (TPSA) is 43.4 Å². The molecule has 126 valence electrons. The first-order valence-electron chi connectivity index (χ1n) is 8.96. The summed E-state index contributed by atoms with van der Waals surface area (Å²) in [6, 6.07) is 5.54. The lowest BCUT2D eigenvalue weighted by atomic mass is 9.54. The van der Waals surface area contributed by atoms with Crippen LogP contribution in [0.4, 0.5) is 0 Å². The predicted molar refractivity (Wildman–Crippen MR) is 92.1 cm³/mol. The SMILES string of the molecule is C=C1C(=O)c2cc(OC(C)=O)ccc2C2CC[C@]3(C)CCCC3C12. The lowest BCUT2D eigenvalue weighted by Crippen LogP contribution is -2.42. The lowest BCUT2D eigenvalue weighted by Gasteiger charge is -2.49. The molecule has 1 aromatic carbocycles. The van der Waals surface area contributed by atoms with E-state index >= 15 is 0 Å². The zero-order chi connectivity index (χ0) is 17.1. The average molecular weight is 324 g/mol. The minimum Gasteiger partial charge on any atom is -0.427 e. The van der Waals surface area contributed by atoms with Crippen molar-refractivity contribution < 1.29 is 14.3 Å². The fraction of sp³-hybridized carbons (Fsp3) is 0.524. The second kappa shape index (κ2) is 5.30. The quantitative estimate of drug-likeness (QED) is 0.428. The number of ether oxygens (including phenoxy) is 1. The summed E-state index contributed by atoms with van der Waals surface area (Å²) in [7, 11) is 0. The van der Waals surface area contributed by atoms with Crippen LogP contribution in [0.25, 0.3) is 0 Å². The molecular formula is C21H24O3. The Bertz CT molecular complexity index is 747. The molecule has 0 heterocycles. The third kappa shape index (κ3) is 2.17. The van der Waals surface area contributed by atoms with E-state index in [1.165, 1.54) is 32.6 Å². The molecule has 0 aromatic heterocycles. The van der Waals surface area contributed by atoms with Crippen LogP contribution in [-0.4, -0.2) is 11.8 Å². The third-order valence-corrected chi connectivity index (χ3v) is 6.68. The van der Waals surface area contributed by atoms with Crippen LogP contribution in [0, 0.1) is 17.3 Å². The van der Waals surface area contributed by atoms with E-state index in [0.29, 0.717) is 28.6 Å².